The summed E-state index contributed by atoms with van der Waals surface area (Å²) in [6.07, 6.45) is 2.03. The summed E-state index contributed by atoms with van der Waals surface area (Å²) in [7, 11) is 2.06. The van der Waals surface area contributed by atoms with Gasteiger partial charge in [-0.15, -0.1) is 0 Å². The van der Waals surface area contributed by atoms with Crippen LogP contribution in [-0.4, -0.2) is 30.1 Å². The summed E-state index contributed by atoms with van der Waals surface area (Å²) in [5, 5.41) is 9.95. The summed E-state index contributed by atoms with van der Waals surface area (Å²) in [5.41, 5.74) is 1.00. The van der Waals surface area contributed by atoms with Gasteiger partial charge in [0.05, 0.1) is 6.10 Å². The second-order valence-corrected chi connectivity index (χ2v) is 4.04. The molecule has 0 radical (unpaired) electrons. The quantitative estimate of drug-likeness (QED) is 0.774. The molecule has 0 aliphatic rings. The third-order valence-corrected chi connectivity index (χ3v) is 2.56. The molecular formula is C13H21NO. The highest BCUT2D eigenvalue weighted by Crippen LogP contribution is 2.12. The van der Waals surface area contributed by atoms with E-state index in [2.05, 4.69) is 18.9 Å². The van der Waals surface area contributed by atoms with Crippen LogP contribution in [0.5, 0.6) is 0 Å². The first kappa shape index (κ1) is 12.2. The van der Waals surface area contributed by atoms with E-state index in [1.807, 2.05) is 30.3 Å². The lowest BCUT2D eigenvalue weighted by atomic mass is 10.1. The van der Waals surface area contributed by atoms with Crippen molar-refractivity contribution in [3.05, 3.63) is 35.9 Å². The molecule has 0 aliphatic heterocycles. The monoisotopic (exact) mass is 207 g/mol. The largest absolute Gasteiger partial charge is 0.387 e. The lowest BCUT2D eigenvalue weighted by Gasteiger charge is -2.20. The minimum atomic E-state index is -0.368. The van der Waals surface area contributed by atoms with Crippen molar-refractivity contribution >= 4 is 0 Å². The molecule has 1 aromatic carbocycles. The van der Waals surface area contributed by atoms with Crippen molar-refractivity contribution in [1.82, 2.24) is 4.90 Å². The molecule has 2 heteroatoms. The fraction of sp³-hybridized carbons (Fsp3) is 0.538. The normalized spacial score (nSPS) is 13.1. The van der Waals surface area contributed by atoms with Crippen LogP contribution in [0.15, 0.2) is 30.3 Å². The molecule has 0 amide bonds. The van der Waals surface area contributed by atoms with Crippen LogP contribution in [0.1, 0.15) is 31.4 Å². The summed E-state index contributed by atoms with van der Waals surface area (Å²) in [6, 6.07) is 9.84. The molecule has 2 nitrogen and oxygen atoms in total. The number of likely N-dealkylation sites (N-methyl/N-ethyl adjacent to an activating group) is 1. The number of hydrogen-bond acceptors (Lipinski definition) is 2. The van der Waals surface area contributed by atoms with Gasteiger partial charge in [0.1, 0.15) is 0 Å². The van der Waals surface area contributed by atoms with Crippen LogP contribution in [0.3, 0.4) is 0 Å². The van der Waals surface area contributed by atoms with Gasteiger partial charge in [0.25, 0.3) is 0 Å². The third kappa shape index (κ3) is 4.45. The maximum Gasteiger partial charge on any atom is 0.0916 e. The molecule has 0 bridgehead atoms. The standard InChI is InChI=1S/C13H21NO/c1-3-4-10-14(2)11-13(15)12-8-6-5-7-9-12/h5-9,13,15H,3-4,10-11H2,1-2H3. The SMILES string of the molecule is CCCCN(C)CC(O)c1ccccc1. The second kappa shape index (κ2) is 6.59. The van der Waals surface area contributed by atoms with Crippen LogP contribution in [0.2, 0.25) is 0 Å². The predicted octanol–water partition coefficient (Wildman–Crippen LogP) is 2.45. The van der Waals surface area contributed by atoms with Gasteiger partial charge in [0, 0.05) is 6.54 Å². The van der Waals surface area contributed by atoms with E-state index in [4.69, 9.17) is 0 Å². The van der Waals surface area contributed by atoms with Crippen molar-refractivity contribution < 1.29 is 5.11 Å². The Bertz CT molecular complexity index is 260. The van der Waals surface area contributed by atoms with Crippen LogP contribution in [0.25, 0.3) is 0 Å². The highest BCUT2D eigenvalue weighted by atomic mass is 16.3. The molecule has 15 heavy (non-hydrogen) atoms. The Hall–Kier alpha value is -0.860. The third-order valence-electron chi connectivity index (χ3n) is 2.56. The Kier molecular flexibility index (Phi) is 5.37. The highest BCUT2D eigenvalue weighted by Gasteiger charge is 2.09. The van der Waals surface area contributed by atoms with Gasteiger partial charge in [-0.25, -0.2) is 0 Å². The van der Waals surface area contributed by atoms with E-state index < -0.39 is 0 Å². The molecule has 0 saturated heterocycles. The zero-order chi connectivity index (χ0) is 11.1. The van der Waals surface area contributed by atoms with Gasteiger partial charge >= 0.3 is 0 Å². The molecule has 0 aliphatic carbocycles. The van der Waals surface area contributed by atoms with Crippen molar-refractivity contribution in [3.63, 3.8) is 0 Å². The molecule has 1 unspecified atom stereocenters. The molecule has 84 valence electrons. The molecule has 1 atom stereocenters. The molecule has 1 aromatic rings. The second-order valence-electron chi connectivity index (χ2n) is 4.04. The number of benzene rings is 1. The number of aliphatic hydroxyl groups excluding tert-OH is 1. The zero-order valence-electron chi connectivity index (χ0n) is 9.69. The Balaban J connectivity index is 2.38. The topological polar surface area (TPSA) is 23.5 Å². The van der Waals surface area contributed by atoms with Crippen LogP contribution in [0, 0.1) is 0 Å². The summed E-state index contributed by atoms with van der Waals surface area (Å²) < 4.78 is 0. The first-order chi connectivity index (χ1) is 7.24. The van der Waals surface area contributed by atoms with E-state index in [0.29, 0.717) is 6.54 Å². The van der Waals surface area contributed by atoms with Crippen molar-refractivity contribution in [2.24, 2.45) is 0 Å². The maximum atomic E-state index is 9.95. The Morgan fingerprint density at radius 1 is 1.27 bits per heavy atom. The van der Waals surface area contributed by atoms with Gasteiger partial charge in [-0.2, -0.15) is 0 Å². The van der Waals surface area contributed by atoms with Gasteiger partial charge in [-0.3, -0.25) is 0 Å². The van der Waals surface area contributed by atoms with Crippen molar-refractivity contribution in [2.45, 2.75) is 25.9 Å². The minimum Gasteiger partial charge on any atom is -0.387 e. The fourth-order valence-electron chi connectivity index (χ4n) is 1.60. The van der Waals surface area contributed by atoms with E-state index >= 15 is 0 Å². The van der Waals surface area contributed by atoms with E-state index in [9.17, 15) is 5.11 Å². The molecule has 0 heterocycles. The average Bonchev–Trinajstić information content (AvgIpc) is 2.27. The Labute approximate surface area is 92.5 Å². The van der Waals surface area contributed by atoms with Gasteiger partial charge in [0.2, 0.25) is 0 Å². The zero-order valence-corrected chi connectivity index (χ0v) is 9.69. The molecular weight excluding hydrogens is 186 g/mol. The lowest BCUT2D eigenvalue weighted by Crippen LogP contribution is -2.25. The van der Waals surface area contributed by atoms with Gasteiger partial charge in [-0.1, -0.05) is 43.7 Å². The Morgan fingerprint density at radius 2 is 1.93 bits per heavy atom. The predicted molar refractivity (Wildman–Crippen MR) is 63.8 cm³/mol. The van der Waals surface area contributed by atoms with Gasteiger partial charge in [0.15, 0.2) is 0 Å². The first-order valence-electron chi connectivity index (χ1n) is 5.65. The van der Waals surface area contributed by atoms with Crippen LogP contribution in [-0.2, 0) is 0 Å². The Morgan fingerprint density at radius 3 is 2.53 bits per heavy atom. The maximum absolute atomic E-state index is 9.95. The number of unbranched alkanes of at least 4 members (excludes halogenated alkanes) is 1. The highest BCUT2D eigenvalue weighted by molar-refractivity contribution is 5.17. The number of nitrogens with zero attached hydrogens (tertiary/aromatic N) is 1. The molecule has 0 fully saturated rings. The van der Waals surface area contributed by atoms with E-state index in [-0.39, 0.29) is 6.10 Å². The number of hydrogen-bond donors (Lipinski definition) is 1. The summed E-state index contributed by atoms with van der Waals surface area (Å²) in [4.78, 5) is 2.18. The van der Waals surface area contributed by atoms with Crippen molar-refractivity contribution in [2.75, 3.05) is 20.1 Å². The lowest BCUT2D eigenvalue weighted by molar-refractivity contribution is 0.126. The van der Waals surface area contributed by atoms with Crippen molar-refractivity contribution in [3.8, 4) is 0 Å². The molecule has 1 rings (SSSR count). The van der Waals surface area contributed by atoms with Crippen molar-refractivity contribution in [1.29, 1.82) is 0 Å². The first-order valence-corrected chi connectivity index (χ1v) is 5.65. The van der Waals surface area contributed by atoms with E-state index in [0.717, 1.165) is 12.1 Å². The van der Waals surface area contributed by atoms with Crippen LogP contribution in [0.4, 0.5) is 0 Å². The summed E-state index contributed by atoms with van der Waals surface area (Å²) >= 11 is 0. The summed E-state index contributed by atoms with van der Waals surface area (Å²) in [5.74, 6) is 0. The van der Waals surface area contributed by atoms with Gasteiger partial charge in [-0.05, 0) is 25.6 Å². The molecule has 0 saturated carbocycles. The molecule has 0 spiro atoms. The smallest absolute Gasteiger partial charge is 0.0916 e. The number of rotatable bonds is 6. The van der Waals surface area contributed by atoms with E-state index in [1.165, 1.54) is 12.8 Å². The fourth-order valence-corrected chi connectivity index (χ4v) is 1.60. The number of aliphatic hydroxyl groups is 1. The summed E-state index contributed by atoms with van der Waals surface area (Å²) in [6.45, 7) is 3.95. The molecule has 1 N–H and O–H groups in total. The van der Waals surface area contributed by atoms with Crippen LogP contribution < -0.4 is 0 Å². The molecule has 0 aromatic heterocycles. The van der Waals surface area contributed by atoms with Gasteiger partial charge < -0.3 is 10.0 Å². The minimum absolute atomic E-state index is 0.368. The average molecular weight is 207 g/mol. The van der Waals surface area contributed by atoms with E-state index in [1.54, 1.807) is 0 Å². The van der Waals surface area contributed by atoms with Crippen LogP contribution >= 0.6 is 0 Å².